The van der Waals surface area contributed by atoms with Gasteiger partial charge in [-0.25, -0.2) is 8.42 Å². The first-order valence-corrected chi connectivity index (χ1v) is 10.7. The summed E-state index contributed by atoms with van der Waals surface area (Å²) in [5, 5.41) is 0.457. The van der Waals surface area contributed by atoms with Crippen LogP contribution in [0, 0.1) is 6.92 Å². The molecule has 0 fully saturated rings. The first kappa shape index (κ1) is 21.4. The second kappa shape index (κ2) is 9.35. The van der Waals surface area contributed by atoms with Crippen molar-refractivity contribution in [2.24, 2.45) is 0 Å². The number of rotatable bonds is 8. The second-order valence-electron chi connectivity index (χ2n) is 6.28. The normalized spacial score (nSPS) is 11.6. The molecule has 2 aromatic rings. The van der Waals surface area contributed by atoms with Crippen molar-refractivity contribution < 1.29 is 13.2 Å². The van der Waals surface area contributed by atoms with Gasteiger partial charge in [-0.3, -0.25) is 4.79 Å². The topological polar surface area (TPSA) is 57.7 Å². The molecule has 0 aliphatic carbocycles. The summed E-state index contributed by atoms with van der Waals surface area (Å²) in [7, 11) is -3.85. The molecule has 0 unspecified atom stereocenters. The highest BCUT2D eigenvalue weighted by Gasteiger charge is 2.28. The number of benzene rings is 2. The summed E-state index contributed by atoms with van der Waals surface area (Å²) in [4.78, 5) is 14.3. The third-order valence-electron chi connectivity index (χ3n) is 4.32. The molecule has 0 aromatic heterocycles. The van der Waals surface area contributed by atoms with Crippen LogP contribution in [0.5, 0.6) is 0 Å². The highest BCUT2D eigenvalue weighted by atomic mass is 35.5. The minimum absolute atomic E-state index is 0.118. The molecule has 0 bridgehead atoms. The highest BCUT2D eigenvalue weighted by molar-refractivity contribution is 7.89. The van der Waals surface area contributed by atoms with Gasteiger partial charge in [-0.05, 0) is 50.6 Å². The van der Waals surface area contributed by atoms with Gasteiger partial charge in [0.1, 0.15) is 0 Å². The zero-order valence-corrected chi connectivity index (χ0v) is 17.4. The fourth-order valence-electron chi connectivity index (χ4n) is 2.82. The second-order valence-corrected chi connectivity index (χ2v) is 8.66. The van der Waals surface area contributed by atoms with Crippen molar-refractivity contribution in [3.8, 4) is 0 Å². The van der Waals surface area contributed by atoms with Crippen LogP contribution in [-0.4, -0.2) is 43.2 Å². The van der Waals surface area contributed by atoms with Crippen LogP contribution in [0.25, 0.3) is 0 Å². The number of halogens is 1. The number of sulfonamides is 1. The quantitative estimate of drug-likeness (QED) is 0.669. The van der Waals surface area contributed by atoms with Crippen LogP contribution in [0.3, 0.4) is 0 Å². The first-order valence-electron chi connectivity index (χ1n) is 8.87. The summed E-state index contributed by atoms with van der Waals surface area (Å²) in [5.41, 5.74) is 1.87. The van der Waals surface area contributed by atoms with E-state index in [0.29, 0.717) is 18.1 Å². The minimum Gasteiger partial charge on any atom is -0.342 e. The number of hydrogen-bond acceptors (Lipinski definition) is 3. The van der Waals surface area contributed by atoms with Gasteiger partial charge in [0.05, 0.1) is 11.4 Å². The molecule has 27 heavy (non-hydrogen) atoms. The third kappa shape index (κ3) is 5.54. The number of carbonyl (C=O) groups excluding carboxylic acids is 1. The van der Waals surface area contributed by atoms with Gasteiger partial charge in [0.2, 0.25) is 15.9 Å². The molecule has 0 heterocycles. The Hall–Kier alpha value is -1.89. The number of aryl methyl sites for hydroxylation is 1. The van der Waals surface area contributed by atoms with E-state index in [0.717, 1.165) is 11.1 Å². The summed E-state index contributed by atoms with van der Waals surface area (Å²) in [6.45, 7) is 6.69. The lowest BCUT2D eigenvalue weighted by Crippen LogP contribution is -2.42. The number of amides is 1. The van der Waals surface area contributed by atoms with Crippen molar-refractivity contribution >= 4 is 27.5 Å². The maximum Gasteiger partial charge on any atom is 0.243 e. The zero-order chi connectivity index (χ0) is 20.0. The van der Waals surface area contributed by atoms with Gasteiger partial charge < -0.3 is 4.90 Å². The van der Waals surface area contributed by atoms with E-state index < -0.39 is 10.0 Å². The first-order chi connectivity index (χ1) is 12.8. The van der Waals surface area contributed by atoms with Crippen LogP contribution in [0.1, 0.15) is 25.0 Å². The molecular formula is C20H25ClN2O3S. The molecule has 7 heteroatoms. The predicted molar refractivity (Wildman–Crippen MR) is 108 cm³/mol. The summed E-state index contributed by atoms with van der Waals surface area (Å²) < 4.78 is 27.6. The molecule has 0 spiro atoms. The molecular weight excluding hydrogens is 384 g/mol. The van der Waals surface area contributed by atoms with Gasteiger partial charge >= 0.3 is 0 Å². The Kier molecular flexibility index (Phi) is 7.41. The number of nitrogens with zero attached hydrogens (tertiary/aromatic N) is 2. The summed E-state index contributed by atoms with van der Waals surface area (Å²) in [5.74, 6) is -0.217. The van der Waals surface area contributed by atoms with Crippen molar-refractivity contribution in [2.45, 2.75) is 32.2 Å². The molecule has 0 atom stereocenters. The average molecular weight is 409 g/mol. The van der Waals surface area contributed by atoms with Crippen molar-refractivity contribution in [1.82, 2.24) is 9.21 Å². The maximum absolute atomic E-state index is 13.2. The van der Waals surface area contributed by atoms with Gasteiger partial charge in [0.15, 0.2) is 0 Å². The van der Waals surface area contributed by atoms with Gasteiger partial charge in [0.25, 0.3) is 0 Å². The molecule has 5 nitrogen and oxygen atoms in total. The van der Waals surface area contributed by atoms with E-state index in [4.69, 9.17) is 11.6 Å². The molecule has 0 saturated heterocycles. The van der Waals surface area contributed by atoms with E-state index >= 15 is 0 Å². The standard InChI is InChI=1S/C20H25ClN2O3S/c1-4-22(5-2)20(24)15-23(14-17-8-6-7-16(3)13-17)27(25,26)19-11-9-18(21)10-12-19/h6-13H,4-5,14-15H2,1-3H3. The van der Waals surface area contributed by atoms with E-state index in [1.54, 1.807) is 4.90 Å². The van der Waals surface area contributed by atoms with Crippen LogP contribution in [0.4, 0.5) is 0 Å². The molecule has 0 aliphatic rings. The molecule has 2 aromatic carbocycles. The van der Waals surface area contributed by atoms with E-state index in [1.807, 2.05) is 45.0 Å². The monoisotopic (exact) mass is 408 g/mol. The Morgan fingerprint density at radius 1 is 1.04 bits per heavy atom. The fraction of sp³-hybridized carbons (Fsp3) is 0.350. The lowest BCUT2D eigenvalue weighted by atomic mass is 10.1. The number of likely N-dealkylation sites (N-methyl/N-ethyl adjacent to an activating group) is 1. The predicted octanol–water partition coefficient (Wildman–Crippen LogP) is 3.71. The van der Waals surface area contributed by atoms with E-state index in [1.165, 1.54) is 28.6 Å². The molecule has 2 rings (SSSR count). The van der Waals surface area contributed by atoms with Gasteiger partial charge in [0, 0.05) is 24.7 Å². The molecule has 1 amide bonds. The van der Waals surface area contributed by atoms with E-state index in [-0.39, 0.29) is 23.9 Å². The lowest BCUT2D eigenvalue weighted by molar-refractivity contribution is -0.131. The van der Waals surface area contributed by atoms with Crippen molar-refractivity contribution in [2.75, 3.05) is 19.6 Å². The van der Waals surface area contributed by atoms with Crippen LogP contribution in [-0.2, 0) is 21.4 Å². The molecule has 0 saturated carbocycles. The van der Waals surface area contributed by atoms with Crippen molar-refractivity contribution in [1.29, 1.82) is 0 Å². The number of carbonyl (C=O) groups is 1. The van der Waals surface area contributed by atoms with Gasteiger partial charge in [-0.1, -0.05) is 41.4 Å². The third-order valence-corrected chi connectivity index (χ3v) is 6.38. The van der Waals surface area contributed by atoms with Crippen LogP contribution >= 0.6 is 11.6 Å². The average Bonchev–Trinajstić information content (AvgIpc) is 2.62. The zero-order valence-electron chi connectivity index (χ0n) is 15.9. The van der Waals surface area contributed by atoms with E-state index in [9.17, 15) is 13.2 Å². The van der Waals surface area contributed by atoms with Gasteiger partial charge in [-0.2, -0.15) is 4.31 Å². The van der Waals surface area contributed by atoms with Crippen LogP contribution in [0.2, 0.25) is 5.02 Å². The summed E-state index contributed by atoms with van der Waals surface area (Å²) >= 11 is 5.88. The fourth-order valence-corrected chi connectivity index (χ4v) is 4.33. The lowest BCUT2D eigenvalue weighted by Gasteiger charge is -2.26. The Morgan fingerprint density at radius 3 is 2.22 bits per heavy atom. The highest BCUT2D eigenvalue weighted by Crippen LogP contribution is 2.21. The smallest absolute Gasteiger partial charge is 0.243 e. The van der Waals surface area contributed by atoms with Crippen LogP contribution < -0.4 is 0 Å². The van der Waals surface area contributed by atoms with E-state index in [2.05, 4.69) is 0 Å². The number of hydrogen-bond donors (Lipinski definition) is 0. The molecule has 146 valence electrons. The Labute approximate surface area is 166 Å². The molecule has 0 N–H and O–H groups in total. The Bertz CT molecular complexity index is 878. The largest absolute Gasteiger partial charge is 0.342 e. The molecule has 0 aliphatic heterocycles. The Balaban J connectivity index is 2.38. The maximum atomic E-state index is 13.2. The van der Waals surface area contributed by atoms with Crippen molar-refractivity contribution in [3.63, 3.8) is 0 Å². The summed E-state index contributed by atoms with van der Waals surface area (Å²) in [6, 6.07) is 13.6. The molecule has 0 radical (unpaired) electrons. The SMILES string of the molecule is CCN(CC)C(=O)CN(Cc1cccc(C)c1)S(=O)(=O)c1ccc(Cl)cc1. The van der Waals surface area contributed by atoms with Gasteiger partial charge in [-0.15, -0.1) is 0 Å². The minimum atomic E-state index is -3.85. The Morgan fingerprint density at radius 2 is 1.67 bits per heavy atom. The summed E-state index contributed by atoms with van der Waals surface area (Å²) in [6.07, 6.45) is 0. The van der Waals surface area contributed by atoms with Crippen LogP contribution in [0.15, 0.2) is 53.4 Å². The van der Waals surface area contributed by atoms with Crippen molar-refractivity contribution in [3.05, 3.63) is 64.7 Å².